The molecule has 1 aliphatic rings. The number of benzene rings is 4. The molecule has 36 heavy (non-hydrogen) atoms. The van der Waals surface area contributed by atoms with Gasteiger partial charge in [0.15, 0.2) is 17.3 Å². The van der Waals surface area contributed by atoms with E-state index in [4.69, 9.17) is 18.9 Å². The van der Waals surface area contributed by atoms with Crippen molar-refractivity contribution in [2.45, 2.75) is 13.2 Å². The number of ketones is 1. The van der Waals surface area contributed by atoms with Crippen LogP contribution in [-0.2, 0) is 13.2 Å². The Hall–Kier alpha value is -4.51. The van der Waals surface area contributed by atoms with Gasteiger partial charge in [0, 0.05) is 11.6 Å². The van der Waals surface area contributed by atoms with Crippen LogP contribution in [0.5, 0.6) is 23.0 Å². The second-order valence-electron chi connectivity index (χ2n) is 8.40. The molecule has 0 saturated heterocycles. The molecule has 1 aliphatic heterocycles. The first kappa shape index (κ1) is 23.2. The number of Topliss-reactive ketones (excluding diaryl/α,β-unsaturated/α-hetero) is 1. The molecule has 0 aliphatic carbocycles. The fourth-order valence-electron chi connectivity index (χ4n) is 3.97. The van der Waals surface area contributed by atoms with Gasteiger partial charge in [-0.15, -0.1) is 0 Å². The Morgan fingerprint density at radius 2 is 1.47 bits per heavy atom. The average Bonchev–Trinajstić information content (AvgIpc) is 2.93. The highest BCUT2D eigenvalue weighted by Crippen LogP contribution is 2.33. The van der Waals surface area contributed by atoms with Crippen LogP contribution < -0.4 is 18.9 Å². The van der Waals surface area contributed by atoms with E-state index < -0.39 is 0 Å². The molecular formula is C31H26O5. The lowest BCUT2D eigenvalue weighted by Crippen LogP contribution is -2.19. The Bertz CT molecular complexity index is 1380. The Balaban J connectivity index is 1.28. The minimum atomic E-state index is -0.0609. The van der Waals surface area contributed by atoms with Gasteiger partial charge in [-0.25, -0.2) is 0 Å². The number of methoxy groups -OCH3 is 1. The zero-order chi connectivity index (χ0) is 24.7. The number of ether oxygens (including phenoxy) is 4. The molecule has 0 unspecified atom stereocenters. The average molecular weight is 479 g/mol. The number of hydrogen-bond donors (Lipinski definition) is 0. The van der Waals surface area contributed by atoms with E-state index in [1.54, 1.807) is 25.3 Å². The molecule has 0 saturated carbocycles. The lowest BCUT2D eigenvalue weighted by atomic mass is 9.98. The summed E-state index contributed by atoms with van der Waals surface area (Å²) >= 11 is 0. The largest absolute Gasteiger partial charge is 0.493 e. The smallest absolute Gasteiger partial charge is 0.196 e. The summed E-state index contributed by atoms with van der Waals surface area (Å²) in [6.45, 7) is 1.08. The molecule has 180 valence electrons. The standard InChI is InChI=1S/C31H26O5/c1-33-30-17-24(12-15-28(30)35-20-23-10-6-3-7-11-23)16-25-21-36-29-18-26(13-14-27(29)31(25)32)34-19-22-8-4-2-5-9-22/h2-18H,19-21H2,1H3/b25-16+. The molecule has 0 bridgehead atoms. The Morgan fingerprint density at radius 3 is 2.17 bits per heavy atom. The molecule has 5 nitrogen and oxygen atoms in total. The van der Waals surface area contributed by atoms with Crippen molar-refractivity contribution in [3.05, 3.63) is 125 Å². The summed E-state index contributed by atoms with van der Waals surface area (Å²) in [6.07, 6.45) is 1.83. The molecule has 4 aromatic carbocycles. The third kappa shape index (κ3) is 5.41. The lowest BCUT2D eigenvalue weighted by Gasteiger charge is -2.20. The molecule has 0 spiro atoms. The fraction of sp³-hybridized carbons (Fsp3) is 0.129. The van der Waals surface area contributed by atoms with Crippen molar-refractivity contribution in [3.63, 3.8) is 0 Å². The van der Waals surface area contributed by atoms with Gasteiger partial charge in [0.2, 0.25) is 0 Å². The highest BCUT2D eigenvalue weighted by atomic mass is 16.5. The third-order valence-corrected chi connectivity index (χ3v) is 5.89. The molecule has 5 heteroatoms. The van der Waals surface area contributed by atoms with Gasteiger partial charge in [-0.1, -0.05) is 66.7 Å². The summed E-state index contributed by atoms with van der Waals surface area (Å²) in [5.74, 6) is 2.38. The van der Waals surface area contributed by atoms with Gasteiger partial charge in [-0.2, -0.15) is 0 Å². The van der Waals surface area contributed by atoms with E-state index in [-0.39, 0.29) is 12.4 Å². The van der Waals surface area contributed by atoms with Crippen molar-refractivity contribution in [1.29, 1.82) is 0 Å². The number of rotatable bonds is 8. The van der Waals surface area contributed by atoms with Crippen LogP contribution >= 0.6 is 0 Å². The predicted molar refractivity (Wildman–Crippen MR) is 139 cm³/mol. The van der Waals surface area contributed by atoms with E-state index in [0.717, 1.165) is 16.7 Å². The third-order valence-electron chi connectivity index (χ3n) is 5.89. The van der Waals surface area contributed by atoms with Gasteiger partial charge in [0.25, 0.3) is 0 Å². The van der Waals surface area contributed by atoms with E-state index in [0.29, 0.717) is 47.3 Å². The van der Waals surface area contributed by atoms with E-state index in [1.165, 1.54) is 0 Å². The highest BCUT2D eigenvalue weighted by Gasteiger charge is 2.24. The number of hydrogen-bond acceptors (Lipinski definition) is 5. The maximum absolute atomic E-state index is 13.1. The Labute approximate surface area is 210 Å². The molecule has 4 aromatic rings. The van der Waals surface area contributed by atoms with Crippen LogP contribution in [-0.4, -0.2) is 19.5 Å². The minimum absolute atomic E-state index is 0.0609. The predicted octanol–water partition coefficient (Wildman–Crippen LogP) is 6.51. The summed E-state index contributed by atoms with van der Waals surface area (Å²) in [7, 11) is 1.60. The van der Waals surface area contributed by atoms with Crippen molar-refractivity contribution in [3.8, 4) is 23.0 Å². The van der Waals surface area contributed by atoms with Crippen LogP contribution in [0.4, 0.5) is 0 Å². The molecule has 1 heterocycles. The van der Waals surface area contributed by atoms with Crippen LogP contribution in [0.15, 0.2) is 103 Å². The van der Waals surface area contributed by atoms with Crippen LogP contribution in [0.3, 0.4) is 0 Å². The number of carbonyl (C=O) groups is 1. The van der Waals surface area contributed by atoms with Crippen LogP contribution in [0, 0.1) is 0 Å². The van der Waals surface area contributed by atoms with E-state index in [9.17, 15) is 4.79 Å². The van der Waals surface area contributed by atoms with E-state index in [2.05, 4.69) is 0 Å². The minimum Gasteiger partial charge on any atom is -0.493 e. The van der Waals surface area contributed by atoms with Gasteiger partial charge in [-0.3, -0.25) is 4.79 Å². The van der Waals surface area contributed by atoms with Gasteiger partial charge >= 0.3 is 0 Å². The van der Waals surface area contributed by atoms with Crippen LogP contribution in [0.25, 0.3) is 6.08 Å². The molecule has 0 atom stereocenters. The van der Waals surface area contributed by atoms with E-state index >= 15 is 0 Å². The molecule has 0 fully saturated rings. The van der Waals surface area contributed by atoms with Crippen molar-refractivity contribution in [2.24, 2.45) is 0 Å². The summed E-state index contributed by atoms with van der Waals surface area (Å²) in [5, 5.41) is 0. The van der Waals surface area contributed by atoms with Crippen LogP contribution in [0.2, 0.25) is 0 Å². The van der Waals surface area contributed by atoms with Crippen molar-refractivity contribution in [2.75, 3.05) is 13.7 Å². The zero-order valence-electron chi connectivity index (χ0n) is 20.0. The summed E-state index contributed by atoms with van der Waals surface area (Å²) in [5.41, 5.74) is 4.07. The number of carbonyl (C=O) groups excluding carboxylic acids is 1. The lowest BCUT2D eigenvalue weighted by molar-refractivity contribution is 0.100. The summed E-state index contributed by atoms with van der Waals surface area (Å²) in [6, 6.07) is 30.8. The van der Waals surface area contributed by atoms with E-state index in [1.807, 2.05) is 84.9 Å². The first-order valence-electron chi connectivity index (χ1n) is 11.7. The summed E-state index contributed by atoms with van der Waals surface area (Å²) < 4.78 is 23.3. The monoisotopic (exact) mass is 478 g/mol. The van der Waals surface area contributed by atoms with Gasteiger partial charge in [0.05, 0.1) is 12.7 Å². The molecule has 0 radical (unpaired) electrons. The topological polar surface area (TPSA) is 54.0 Å². The second-order valence-corrected chi connectivity index (χ2v) is 8.40. The van der Waals surface area contributed by atoms with Gasteiger partial charge in [-0.05, 0) is 47.0 Å². The SMILES string of the molecule is COc1cc(/C=C2\COc3cc(OCc4ccccc4)ccc3C2=O)ccc1OCc1ccccc1. The molecule has 0 N–H and O–H groups in total. The van der Waals surface area contributed by atoms with Gasteiger partial charge in [0.1, 0.15) is 31.3 Å². The van der Waals surface area contributed by atoms with Crippen molar-refractivity contribution >= 4 is 11.9 Å². The van der Waals surface area contributed by atoms with Gasteiger partial charge < -0.3 is 18.9 Å². The van der Waals surface area contributed by atoms with Crippen molar-refractivity contribution in [1.82, 2.24) is 0 Å². The maximum atomic E-state index is 13.1. The molecule has 0 amide bonds. The second kappa shape index (κ2) is 10.8. The normalized spacial score (nSPS) is 13.6. The zero-order valence-corrected chi connectivity index (χ0v) is 20.0. The summed E-state index contributed by atoms with van der Waals surface area (Å²) in [4.78, 5) is 13.1. The number of fused-ring (bicyclic) bond motifs is 1. The first-order chi connectivity index (χ1) is 17.7. The first-order valence-corrected chi connectivity index (χ1v) is 11.7. The Kier molecular flexibility index (Phi) is 6.99. The molecule has 5 rings (SSSR count). The molecule has 0 aromatic heterocycles. The highest BCUT2D eigenvalue weighted by molar-refractivity contribution is 6.14. The van der Waals surface area contributed by atoms with Crippen LogP contribution in [0.1, 0.15) is 27.0 Å². The maximum Gasteiger partial charge on any atom is 0.196 e. The Morgan fingerprint density at radius 1 is 0.778 bits per heavy atom. The fourth-order valence-corrected chi connectivity index (χ4v) is 3.97. The quantitative estimate of drug-likeness (QED) is 0.270. The van der Waals surface area contributed by atoms with Crippen molar-refractivity contribution < 1.29 is 23.7 Å². The molecular weight excluding hydrogens is 452 g/mol.